The number of thioether (sulfide) groups is 1. The lowest BCUT2D eigenvalue weighted by atomic mass is 10.1. The number of aliphatic carboxylic acids is 1. The summed E-state index contributed by atoms with van der Waals surface area (Å²) >= 11 is 1.49. The van der Waals surface area contributed by atoms with Gasteiger partial charge in [0.1, 0.15) is 12.1 Å². The minimum absolute atomic E-state index is 0.0763. The maximum absolute atomic E-state index is 12.7. The number of nitrogens with one attached hydrogen (secondary N) is 3. The SMILES string of the molecule is CSCC[C@H](NC(=O)c1cccc(CN)c1)C(=O)NCC(=O)N[C@@H](CCCCN1C(=O)C=CC1=O)C(=O)O. The summed E-state index contributed by atoms with van der Waals surface area (Å²) in [5.74, 6) is -3.22. The Balaban J connectivity index is 1.84. The molecular formula is C25H33N5O7S. The first-order valence-electron chi connectivity index (χ1n) is 12.1. The molecule has 2 atom stereocenters. The van der Waals surface area contributed by atoms with Crippen LogP contribution in [0.15, 0.2) is 36.4 Å². The molecule has 0 saturated carbocycles. The van der Waals surface area contributed by atoms with Crippen molar-refractivity contribution < 1.29 is 33.9 Å². The number of carboxylic acid groups (broad SMARTS) is 1. The quantitative estimate of drug-likeness (QED) is 0.138. The highest BCUT2D eigenvalue weighted by Gasteiger charge is 2.25. The molecule has 0 fully saturated rings. The largest absolute Gasteiger partial charge is 0.480 e. The highest BCUT2D eigenvalue weighted by Crippen LogP contribution is 2.09. The van der Waals surface area contributed by atoms with E-state index in [2.05, 4.69) is 16.0 Å². The minimum atomic E-state index is -1.25. The Morgan fingerprint density at radius 1 is 1.03 bits per heavy atom. The molecule has 12 nitrogen and oxygen atoms in total. The van der Waals surface area contributed by atoms with Crippen LogP contribution in [-0.4, -0.2) is 82.7 Å². The van der Waals surface area contributed by atoms with Gasteiger partial charge in [0.15, 0.2) is 0 Å². The molecule has 0 radical (unpaired) electrons. The van der Waals surface area contributed by atoms with E-state index in [1.165, 1.54) is 23.9 Å². The van der Waals surface area contributed by atoms with E-state index >= 15 is 0 Å². The van der Waals surface area contributed by atoms with Crippen molar-refractivity contribution in [2.45, 2.75) is 44.3 Å². The molecule has 0 bridgehead atoms. The van der Waals surface area contributed by atoms with Crippen molar-refractivity contribution in [1.82, 2.24) is 20.9 Å². The number of unbranched alkanes of at least 4 members (excludes halogenated alkanes) is 1. The Labute approximate surface area is 224 Å². The van der Waals surface area contributed by atoms with E-state index in [1.807, 2.05) is 6.26 Å². The van der Waals surface area contributed by atoms with Crippen molar-refractivity contribution in [3.8, 4) is 0 Å². The molecule has 1 aromatic rings. The van der Waals surface area contributed by atoms with Gasteiger partial charge >= 0.3 is 5.97 Å². The number of hydrogen-bond donors (Lipinski definition) is 5. The van der Waals surface area contributed by atoms with Crippen molar-refractivity contribution in [2.24, 2.45) is 5.73 Å². The fourth-order valence-electron chi connectivity index (χ4n) is 3.65. The Hall–Kier alpha value is -3.71. The molecule has 0 aliphatic carbocycles. The van der Waals surface area contributed by atoms with Gasteiger partial charge in [-0.05, 0) is 55.4 Å². The van der Waals surface area contributed by atoms with Gasteiger partial charge in [0.05, 0.1) is 6.54 Å². The highest BCUT2D eigenvalue weighted by atomic mass is 32.2. The van der Waals surface area contributed by atoms with E-state index < -0.39 is 54.1 Å². The molecule has 0 spiro atoms. The van der Waals surface area contributed by atoms with E-state index in [9.17, 15) is 33.9 Å². The van der Waals surface area contributed by atoms with Crippen LogP contribution in [-0.2, 0) is 30.5 Å². The predicted molar refractivity (Wildman–Crippen MR) is 141 cm³/mol. The van der Waals surface area contributed by atoms with E-state index in [0.717, 1.165) is 10.5 Å². The summed E-state index contributed by atoms with van der Waals surface area (Å²) < 4.78 is 0. The fourth-order valence-corrected chi connectivity index (χ4v) is 4.12. The van der Waals surface area contributed by atoms with Crippen LogP contribution in [0.4, 0.5) is 0 Å². The lowest BCUT2D eigenvalue weighted by molar-refractivity contribution is -0.142. The minimum Gasteiger partial charge on any atom is -0.480 e. The normalized spacial score (nSPS) is 14.2. The Morgan fingerprint density at radius 3 is 2.37 bits per heavy atom. The Kier molecular flexibility index (Phi) is 12.5. The summed E-state index contributed by atoms with van der Waals surface area (Å²) in [5, 5.41) is 16.9. The molecule has 1 aliphatic rings. The average molecular weight is 548 g/mol. The second-order valence-corrected chi connectivity index (χ2v) is 9.53. The molecule has 13 heteroatoms. The summed E-state index contributed by atoms with van der Waals surface area (Å²) in [5.41, 5.74) is 6.74. The van der Waals surface area contributed by atoms with Crippen LogP contribution in [0.1, 0.15) is 41.6 Å². The zero-order valence-corrected chi connectivity index (χ0v) is 21.9. The third kappa shape index (κ3) is 9.63. The Bertz CT molecular complexity index is 1060. The van der Waals surface area contributed by atoms with E-state index in [-0.39, 0.29) is 19.5 Å². The zero-order chi connectivity index (χ0) is 28.1. The van der Waals surface area contributed by atoms with Gasteiger partial charge in [-0.15, -0.1) is 0 Å². The third-order valence-corrected chi connectivity index (χ3v) is 6.38. The van der Waals surface area contributed by atoms with Crippen molar-refractivity contribution in [3.05, 3.63) is 47.5 Å². The van der Waals surface area contributed by atoms with Gasteiger partial charge < -0.3 is 26.8 Å². The smallest absolute Gasteiger partial charge is 0.326 e. The van der Waals surface area contributed by atoms with Gasteiger partial charge in [0.2, 0.25) is 11.8 Å². The van der Waals surface area contributed by atoms with Crippen LogP contribution in [0, 0.1) is 0 Å². The number of carbonyl (C=O) groups excluding carboxylic acids is 5. The molecule has 1 heterocycles. The molecular weight excluding hydrogens is 514 g/mol. The first-order chi connectivity index (χ1) is 18.2. The van der Waals surface area contributed by atoms with Crippen molar-refractivity contribution in [3.63, 3.8) is 0 Å². The number of imide groups is 1. The summed E-state index contributed by atoms with van der Waals surface area (Å²) in [4.78, 5) is 73.5. The number of nitrogens with two attached hydrogens (primary N) is 1. The number of benzene rings is 1. The number of carboxylic acids is 1. The Morgan fingerprint density at radius 2 is 1.74 bits per heavy atom. The van der Waals surface area contributed by atoms with E-state index in [4.69, 9.17) is 5.73 Å². The predicted octanol–water partition coefficient (Wildman–Crippen LogP) is -0.222. The summed E-state index contributed by atoms with van der Waals surface area (Å²) in [6.45, 7) is -0.0563. The van der Waals surface area contributed by atoms with Gasteiger partial charge in [-0.3, -0.25) is 28.9 Å². The first-order valence-corrected chi connectivity index (χ1v) is 13.5. The van der Waals surface area contributed by atoms with E-state index in [1.54, 1.807) is 24.3 Å². The molecule has 206 valence electrons. The molecule has 38 heavy (non-hydrogen) atoms. The standard InChI is InChI=1S/C25H33N5O7S/c1-38-12-10-18(29-23(34)17-6-4-5-16(13-17)14-26)24(35)27-15-20(31)28-19(25(36)37)7-2-3-11-30-21(32)8-9-22(30)33/h4-6,8-9,13,18-19H,2-3,7,10-12,14-15,26H2,1H3,(H,27,35)(H,28,31)(H,29,34)(H,36,37)/t18-,19-/m0/s1. The van der Waals surface area contributed by atoms with Crippen molar-refractivity contribution in [2.75, 3.05) is 25.1 Å². The molecule has 1 aromatic carbocycles. The fraction of sp³-hybridized carbons (Fsp3) is 0.440. The number of carbonyl (C=O) groups is 6. The van der Waals surface area contributed by atoms with Gasteiger partial charge in [-0.25, -0.2) is 4.79 Å². The molecule has 0 unspecified atom stereocenters. The molecule has 5 amide bonds. The van der Waals surface area contributed by atoms with Crippen LogP contribution in [0.2, 0.25) is 0 Å². The molecule has 2 rings (SSSR count). The van der Waals surface area contributed by atoms with Crippen LogP contribution < -0.4 is 21.7 Å². The summed E-state index contributed by atoms with van der Waals surface area (Å²) in [7, 11) is 0. The summed E-state index contributed by atoms with van der Waals surface area (Å²) in [6.07, 6.45) is 5.33. The zero-order valence-electron chi connectivity index (χ0n) is 21.1. The molecule has 0 aromatic heterocycles. The maximum atomic E-state index is 12.7. The molecule has 6 N–H and O–H groups in total. The number of rotatable bonds is 16. The lowest BCUT2D eigenvalue weighted by Crippen LogP contribution is -2.51. The summed E-state index contributed by atoms with van der Waals surface area (Å²) in [6, 6.07) is 4.62. The number of hydrogen-bond acceptors (Lipinski definition) is 8. The van der Waals surface area contributed by atoms with Crippen LogP contribution in [0.3, 0.4) is 0 Å². The second-order valence-electron chi connectivity index (χ2n) is 8.55. The van der Waals surface area contributed by atoms with Crippen molar-refractivity contribution in [1.29, 1.82) is 0 Å². The lowest BCUT2D eigenvalue weighted by Gasteiger charge is -2.19. The van der Waals surface area contributed by atoms with Crippen LogP contribution >= 0.6 is 11.8 Å². The van der Waals surface area contributed by atoms with E-state index in [0.29, 0.717) is 30.6 Å². The number of nitrogens with zero attached hydrogens (tertiary/aromatic N) is 1. The number of amides is 5. The highest BCUT2D eigenvalue weighted by molar-refractivity contribution is 7.98. The van der Waals surface area contributed by atoms with Gasteiger partial charge in [0, 0.05) is 30.8 Å². The van der Waals surface area contributed by atoms with Gasteiger partial charge in [-0.1, -0.05) is 12.1 Å². The third-order valence-electron chi connectivity index (χ3n) is 5.74. The van der Waals surface area contributed by atoms with Crippen LogP contribution in [0.5, 0.6) is 0 Å². The molecule has 1 aliphatic heterocycles. The van der Waals surface area contributed by atoms with Gasteiger partial charge in [-0.2, -0.15) is 11.8 Å². The monoisotopic (exact) mass is 547 g/mol. The average Bonchev–Trinajstić information content (AvgIpc) is 3.23. The van der Waals surface area contributed by atoms with Gasteiger partial charge in [0.25, 0.3) is 17.7 Å². The second kappa shape index (κ2) is 15.5. The maximum Gasteiger partial charge on any atom is 0.326 e. The van der Waals surface area contributed by atoms with Crippen LogP contribution in [0.25, 0.3) is 0 Å². The first kappa shape index (κ1) is 30.5. The van der Waals surface area contributed by atoms with Crippen molar-refractivity contribution >= 4 is 47.3 Å². The topological polar surface area (TPSA) is 188 Å². The molecule has 0 saturated heterocycles.